The van der Waals surface area contributed by atoms with E-state index in [1.54, 1.807) is 0 Å². The molecule has 16 heavy (non-hydrogen) atoms. The third kappa shape index (κ3) is 2.80. The van der Waals surface area contributed by atoms with E-state index in [0.29, 0.717) is 17.6 Å². The first-order valence-electron chi connectivity index (χ1n) is 5.98. The summed E-state index contributed by atoms with van der Waals surface area (Å²) in [6.07, 6.45) is 7.32. The highest BCUT2D eigenvalue weighted by atomic mass is 16.5. The van der Waals surface area contributed by atoms with Crippen LogP contribution in [0.3, 0.4) is 0 Å². The predicted octanol–water partition coefficient (Wildman–Crippen LogP) is 1.18. The van der Waals surface area contributed by atoms with Crippen LogP contribution in [0, 0.1) is 5.92 Å². The first kappa shape index (κ1) is 11.5. The Balaban J connectivity index is 1.91. The Morgan fingerprint density at radius 3 is 2.81 bits per heavy atom. The second-order valence-corrected chi connectivity index (χ2v) is 4.54. The third-order valence-electron chi connectivity index (χ3n) is 3.20. The van der Waals surface area contributed by atoms with Crippen LogP contribution in [0.15, 0.2) is 4.52 Å². The van der Waals surface area contributed by atoms with Crippen LogP contribution in [0.5, 0.6) is 0 Å². The normalized spacial score (nSPS) is 19.9. The molecule has 1 fully saturated rings. The highest BCUT2D eigenvalue weighted by Gasteiger charge is 2.19. The molecular weight excluding hydrogens is 206 g/mol. The maximum atomic E-state index is 8.87. The first-order valence-corrected chi connectivity index (χ1v) is 5.98. The number of nitrogens with two attached hydrogens (primary N) is 1. The van der Waals surface area contributed by atoms with Gasteiger partial charge in [-0.15, -0.1) is 0 Å². The minimum atomic E-state index is -0.524. The molecule has 0 bridgehead atoms. The van der Waals surface area contributed by atoms with E-state index >= 15 is 0 Å². The minimum Gasteiger partial charge on any atom is -0.394 e. The fourth-order valence-corrected chi connectivity index (χ4v) is 2.22. The Bertz CT molecular complexity index is 321. The highest BCUT2D eigenvalue weighted by Crippen LogP contribution is 2.26. The lowest BCUT2D eigenvalue weighted by molar-refractivity contribution is 0.258. The molecule has 1 unspecified atom stereocenters. The van der Waals surface area contributed by atoms with Crippen molar-refractivity contribution in [1.29, 1.82) is 0 Å². The summed E-state index contributed by atoms with van der Waals surface area (Å²) in [7, 11) is 0. The average Bonchev–Trinajstić information content (AvgIpc) is 2.78. The van der Waals surface area contributed by atoms with Gasteiger partial charge in [0, 0.05) is 6.42 Å². The number of hydrogen-bond acceptors (Lipinski definition) is 5. The Labute approximate surface area is 95.0 Å². The molecule has 90 valence electrons. The largest absolute Gasteiger partial charge is 0.394 e. The average molecular weight is 225 g/mol. The van der Waals surface area contributed by atoms with Crippen LogP contribution in [-0.2, 0) is 6.42 Å². The number of aromatic nitrogens is 2. The zero-order valence-corrected chi connectivity index (χ0v) is 9.43. The van der Waals surface area contributed by atoms with E-state index in [0.717, 1.165) is 6.42 Å². The standard InChI is InChI=1S/C11H19N3O2/c12-9(7-15)11-13-10(16-14-11)6-8-4-2-1-3-5-8/h8-9,15H,1-7,12H2. The summed E-state index contributed by atoms with van der Waals surface area (Å²) in [6.45, 7) is -0.150. The molecule has 5 heteroatoms. The van der Waals surface area contributed by atoms with Gasteiger partial charge in [-0.1, -0.05) is 24.4 Å². The monoisotopic (exact) mass is 225 g/mol. The van der Waals surface area contributed by atoms with Crippen molar-refractivity contribution in [3.63, 3.8) is 0 Å². The van der Waals surface area contributed by atoms with Gasteiger partial charge in [-0.25, -0.2) is 0 Å². The topological polar surface area (TPSA) is 85.2 Å². The summed E-state index contributed by atoms with van der Waals surface area (Å²) in [5.74, 6) is 1.74. The maximum Gasteiger partial charge on any atom is 0.226 e. The number of nitrogens with zero attached hydrogens (tertiary/aromatic N) is 2. The van der Waals surface area contributed by atoms with Gasteiger partial charge >= 0.3 is 0 Å². The summed E-state index contributed by atoms with van der Waals surface area (Å²) in [5, 5.41) is 12.7. The van der Waals surface area contributed by atoms with E-state index in [2.05, 4.69) is 10.1 Å². The molecule has 0 radical (unpaired) electrons. The van der Waals surface area contributed by atoms with E-state index in [1.165, 1.54) is 32.1 Å². The van der Waals surface area contributed by atoms with Crippen LogP contribution >= 0.6 is 0 Å². The van der Waals surface area contributed by atoms with Gasteiger partial charge in [0.15, 0.2) is 5.82 Å². The van der Waals surface area contributed by atoms with Gasteiger partial charge in [0.05, 0.1) is 12.6 Å². The number of aliphatic hydroxyl groups is 1. The smallest absolute Gasteiger partial charge is 0.226 e. The second kappa shape index (κ2) is 5.41. The van der Waals surface area contributed by atoms with Gasteiger partial charge in [0.25, 0.3) is 0 Å². The predicted molar refractivity (Wildman–Crippen MR) is 58.6 cm³/mol. The van der Waals surface area contributed by atoms with Crippen molar-refractivity contribution in [2.24, 2.45) is 11.7 Å². The van der Waals surface area contributed by atoms with Crippen LogP contribution in [0.1, 0.15) is 49.9 Å². The number of hydrogen-bond donors (Lipinski definition) is 2. The Kier molecular flexibility index (Phi) is 3.90. The van der Waals surface area contributed by atoms with Crippen molar-refractivity contribution in [2.75, 3.05) is 6.61 Å². The fourth-order valence-electron chi connectivity index (χ4n) is 2.22. The maximum absolute atomic E-state index is 8.87. The molecule has 0 aromatic carbocycles. The number of aliphatic hydroxyl groups excluding tert-OH is 1. The summed E-state index contributed by atoms with van der Waals surface area (Å²) in [6, 6.07) is -0.524. The summed E-state index contributed by atoms with van der Waals surface area (Å²) >= 11 is 0. The van der Waals surface area contributed by atoms with E-state index in [-0.39, 0.29) is 6.61 Å². The highest BCUT2D eigenvalue weighted by molar-refractivity contribution is 4.93. The molecule has 5 nitrogen and oxygen atoms in total. The summed E-state index contributed by atoms with van der Waals surface area (Å²) in [5.41, 5.74) is 5.61. The van der Waals surface area contributed by atoms with E-state index < -0.39 is 6.04 Å². The fraction of sp³-hybridized carbons (Fsp3) is 0.818. The molecule has 2 rings (SSSR count). The second-order valence-electron chi connectivity index (χ2n) is 4.54. The van der Waals surface area contributed by atoms with Crippen molar-refractivity contribution in [3.8, 4) is 0 Å². The summed E-state index contributed by atoms with van der Waals surface area (Å²) < 4.78 is 5.14. The summed E-state index contributed by atoms with van der Waals surface area (Å²) in [4.78, 5) is 4.21. The van der Waals surface area contributed by atoms with Gasteiger partial charge in [-0.05, 0) is 18.8 Å². The van der Waals surface area contributed by atoms with E-state index in [1.807, 2.05) is 0 Å². The molecule has 0 aliphatic heterocycles. The van der Waals surface area contributed by atoms with Crippen LogP contribution in [0.4, 0.5) is 0 Å². The molecule has 1 aromatic rings. The molecule has 0 amide bonds. The lowest BCUT2D eigenvalue weighted by atomic mass is 9.87. The van der Waals surface area contributed by atoms with Gasteiger partial charge in [-0.3, -0.25) is 0 Å². The van der Waals surface area contributed by atoms with Gasteiger partial charge in [0.2, 0.25) is 5.89 Å². The Morgan fingerprint density at radius 1 is 1.38 bits per heavy atom. The SMILES string of the molecule is NC(CO)c1noc(CC2CCCCC2)n1. The van der Waals surface area contributed by atoms with Crippen molar-refractivity contribution in [2.45, 2.75) is 44.6 Å². The van der Waals surface area contributed by atoms with Crippen molar-refractivity contribution < 1.29 is 9.63 Å². The van der Waals surface area contributed by atoms with E-state index in [9.17, 15) is 0 Å². The quantitative estimate of drug-likeness (QED) is 0.803. The molecule has 3 N–H and O–H groups in total. The minimum absolute atomic E-state index is 0.150. The Hall–Kier alpha value is -0.940. The van der Waals surface area contributed by atoms with Gasteiger partial charge < -0.3 is 15.4 Å². The molecule has 0 saturated heterocycles. The number of rotatable bonds is 4. The zero-order valence-electron chi connectivity index (χ0n) is 9.43. The van der Waals surface area contributed by atoms with Crippen molar-refractivity contribution in [1.82, 2.24) is 10.1 Å². The third-order valence-corrected chi connectivity index (χ3v) is 3.20. The molecule has 1 aromatic heterocycles. The molecule has 0 spiro atoms. The lowest BCUT2D eigenvalue weighted by Crippen LogP contribution is -2.16. The lowest BCUT2D eigenvalue weighted by Gasteiger charge is -2.19. The molecule has 1 saturated carbocycles. The van der Waals surface area contributed by atoms with Crippen LogP contribution in [0.25, 0.3) is 0 Å². The molecule has 1 atom stereocenters. The van der Waals surface area contributed by atoms with Crippen LogP contribution in [-0.4, -0.2) is 21.9 Å². The van der Waals surface area contributed by atoms with Crippen LogP contribution in [0.2, 0.25) is 0 Å². The molecule has 1 aliphatic rings. The Morgan fingerprint density at radius 2 is 2.12 bits per heavy atom. The van der Waals surface area contributed by atoms with Crippen molar-refractivity contribution in [3.05, 3.63) is 11.7 Å². The van der Waals surface area contributed by atoms with Gasteiger partial charge in [-0.2, -0.15) is 4.98 Å². The van der Waals surface area contributed by atoms with Crippen molar-refractivity contribution >= 4 is 0 Å². The first-order chi connectivity index (χ1) is 7.79. The molecule has 1 heterocycles. The molecular formula is C11H19N3O2. The zero-order chi connectivity index (χ0) is 11.4. The molecule has 1 aliphatic carbocycles. The van der Waals surface area contributed by atoms with E-state index in [4.69, 9.17) is 15.4 Å². The van der Waals surface area contributed by atoms with Crippen LogP contribution < -0.4 is 5.73 Å². The van der Waals surface area contributed by atoms with Gasteiger partial charge in [0.1, 0.15) is 0 Å².